The van der Waals surface area contributed by atoms with E-state index in [-0.39, 0.29) is 25.0 Å². The minimum Gasteiger partial charge on any atom is -0.491 e. The zero-order valence-corrected chi connectivity index (χ0v) is 19.7. The molecule has 180 valence electrons. The Hall–Kier alpha value is -4.39. The molecular weight excluding hydrogens is 444 g/mol. The average Bonchev–Trinajstić information content (AvgIpc) is 2.87. The lowest BCUT2D eigenvalue weighted by Gasteiger charge is -2.12. The maximum absolute atomic E-state index is 12.9. The summed E-state index contributed by atoms with van der Waals surface area (Å²) in [5, 5.41) is 5.15. The molecule has 0 radical (unpaired) electrons. The fourth-order valence-corrected chi connectivity index (χ4v) is 3.06. The highest BCUT2D eigenvalue weighted by Crippen LogP contribution is 2.16. The molecule has 0 heterocycles. The normalized spacial score (nSPS) is 11.0. The summed E-state index contributed by atoms with van der Waals surface area (Å²) in [5.74, 6) is -0.962. The summed E-state index contributed by atoms with van der Waals surface area (Å²) >= 11 is 0. The molecule has 0 atom stereocenters. The molecule has 0 saturated carbocycles. The predicted molar refractivity (Wildman–Crippen MR) is 133 cm³/mol. The van der Waals surface area contributed by atoms with Crippen LogP contribution in [-0.2, 0) is 20.9 Å². The highest BCUT2D eigenvalue weighted by Gasteiger charge is 2.16. The van der Waals surface area contributed by atoms with E-state index in [1.165, 1.54) is 6.08 Å². The summed E-state index contributed by atoms with van der Waals surface area (Å²) in [7, 11) is 0. The second kappa shape index (κ2) is 12.7. The standard InChI is InChI=1S/C28H28N2O5/c1-20(2)35-24-15-13-21(14-16-24)17-25(30-27(32)23-11-7-4-8-12-23)28(33)29-18-26(31)34-19-22-9-5-3-6-10-22/h3-17,20H,18-19H2,1-2H3,(H,29,33)(H,30,32)/b25-17-. The molecule has 0 unspecified atom stereocenters. The third-order valence-electron chi connectivity index (χ3n) is 4.73. The van der Waals surface area contributed by atoms with Gasteiger partial charge in [-0.15, -0.1) is 0 Å². The van der Waals surface area contributed by atoms with Gasteiger partial charge in [-0.2, -0.15) is 0 Å². The van der Waals surface area contributed by atoms with Crippen LogP contribution in [0, 0.1) is 0 Å². The smallest absolute Gasteiger partial charge is 0.325 e. The van der Waals surface area contributed by atoms with E-state index < -0.39 is 17.8 Å². The fraction of sp³-hybridized carbons (Fsp3) is 0.179. The van der Waals surface area contributed by atoms with E-state index in [0.29, 0.717) is 16.9 Å². The Morgan fingerprint density at radius 1 is 0.857 bits per heavy atom. The second-order valence-electron chi connectivity index (χ2n) is 7.94. The Morgan fingerprint density at radius 2 is 1.49 bits per heavy atom. The van der Waals surface area contributed by atoms with Crippen LogP contribution in [-0.4, -0.2) is 30.4 Å². The summed E-state index contributed by atoms with van der Waals surface area (Å²) in [5.41, 5.74) is 1.90. The molecule has 7 heteroatoms. The summed E-state index contributed by atoms with van der Waals surface area (Å²) in [6, 6.07) is 24.9. The number of benzene rings is 3. The quantitative estimate of drug-likeness (QED) is 0.342. The van der Waals surface area contributed by atoms with Crippen LogP contribution in [0.1, 0.15) is 35.3 Å². The lowest BCUT2D eigenvalue weighted by molar-refractivity contribution is -0.144. The molecule has 0 spiro atoms. The molecule has 0 aromatic heterocycles. The first-order valence-corrected chi connectivity index (χ1v) is 11.2. The Kier molecular flexibility index (Phi) is 9.19. The van der Waals surface area contributed by atoms with Crippen LogP contribution < -0.4 is 15.4 Å². The zero-order chi connectivity index (χ0) is 25.0. The number of amides is 2. The van der Waals surface area contributed by atoms with Gasteiger partial charge < -0.3 is 20.1 Å². The van der Waals surface area contributed by atoms with Crippen molar-refractivity contribution in [2.24, 2.45) is 0 Å². The summed E-state index contributed by atoms with van der Waals surface area (Å²) in [4.78, 5) is 37.7. The van der Waals surface area contributed by atoms with Gasteiger partial charge in [-0.25, -0.2) is 0 Å². The zero-order valence-electron chi connectivity index (χ0n) is 19.7. The van der Waals surface area contributed by atoms with E-state index in [1.807, 2.05) is 44.2 Å². The van der Waals surface area contributed by atoms with Gasteiger partial charge in [-0.05, 0) is 55.3 Å². The van der Waals surface area contributed by atoms with Crippen molar-refractivity contribution in [3.8, 4) is 5.75 Å². The van der Waals surface area contributed by atoms with Crippen LogP contribution in [0.5, 0.6) is 5.75 Å². The number of hydrogen-bond donors (Lipinski definition) is 2. The molecule has 0 bridgehead atoms. The van der Waals surface area contributed by atoms with E-state index in [4.69, 9.17) is 9.47 Å². The molecule has 0 aliphatic rings. The average molecular weight is 473 g/mol. The molecule has 0 aliphatic carbocycles. The lowest BCUT2D eigenvalue weighted by atomic mass is 10.1. The van der Waals surface area contributed by atoms with E-state index in [1.54, 1.807) is 54.6 Å². The number of carbonyl (C=O) groups excluding carboxylic acids is 3. The number of nitrogens with one attached hydrogen (secondary N) is 2. The van der Waals surface area contributed by atoms with Crippen molar-refractivity contribution in [1.29, 1.82) is 0 Å². The Labute approximate surface area is 204 Å². The fourth-order valence-electron chi connectivity index (χ4n) is 3.06. The van der Waals surface area contributed by atoms with E-state index in [0.717, 1.165) is 5.56 Å². The maximum atomic E-state index is 12.9. The third kappa shape index (κ3) is 8.47. The van der Waals surface area contributed by atoms with Crippen molar-refractivity contribution < 1.29 is 23.9 Å². The number of carbonyl (C=O) groups is 3. The molecule has 2 N–H and O–H groups in total. The van der Waals surface area contributed by atoms with E-state index in [9.17, 15) is 14.4 Å². The number of rotatable bonds is 10. The summed E-state index contributed by atoms with van der Waals surface area (Å²) in [6.45, 7) is 3.62. The van der Waals surface area contributed by atoms with Crippen LogP contribution in [0.3, 0.4) is 0 Å². The maximum Gasteiger partial charge on any atom is 0.325 e. The second-order valence-corrected chi connectivity index (χ2v) is 7.94. The van der Waals surface area contributed by atoms with Gasteiger partial charge in [-0.3, -0.25) is 14.4 Å². The van der Waals surface area contributed by atoms with E-state index >= 15 is 0 Å². The minimum atomic E-state index is -0.617. The van der Waals surface area contributed by atoms with Gasteiger partial charge in [0, 0.05) is 5.56 Å². The summed E-state index contributed by atoms with van der Waals surface area (Å²) < 4.78 is 10.8. The monoisotopic (exact) mass is 472 g/mol. The van der Waals surface area contributed by atoms with Crippen molar-refractivity contribution in [2.75, 3.05) is 6.54 Å². The number of esters is 1. The predicted octanol–water partition coefficient (Wildman–Crippen LogP) is 4.10. The largest absolute Gasteiger partial charge is 0.491 e. The minimum absolute atomic E-state index is 0.00718. The molecule has 3 aromatic carbocycles. The molecule has 7 nitrogen and oxygen atoms in total. The first-order chi connectivity index (χ1) is 16.9. The first kappa shape index (κ1) is 25.2. The highest BCUT2D eigenvalue weighted by molar-refractivity contribution is 6.05. The number of ether oxygens (including phenoxy) is 2. The Morgan fingerprint density at radius 3 is 2.11 bits per heavy atom. The van der Waals surface area contributed by atoms with Crippen LogP contribution in [0.4, 0.5) is 0 Å². The van der Waals surface area contributed by atoms with Crippen LogP contribution >= 0.6 is 0 Å². The molecule has 3 rings (SSSR count). The van der Waals surface area contributed by atoms with Gasteiger partial charge in [-0.1, -0.05) is 60.7 Å². The molecule has 0 aliphatic heterocycles. The Bertz CT molecular complexity index is 1160. The topological polar surface area (TPSA) is 93.7 Å². The Balaban J connectivity index is 1.68. The van der Waals surface area contributed by atoms with Gasteiger partial charge >= 0.3 is 5.97 Å². The van der Waals surface area contributed by atoms with Crippen molar-refractivity contribution in [3.63, 3.8) is 0 Å². The van der Waals surface area contributed by atoms with Gasteiger partial charge in [0.05, 0.1) is 6.10 Å². The first-order valence-electron chi connectivity index (χ1n) is 11.2. The molecular formula is C28H28N2O5. The van der Waals surface area contributed by atoms with Gasteiger partial charge in [0.25, 0.3) is 11.8 Å². The van der Waals surface area contributed by atoms with Crippen LogP contribution in [0.2, 0.25) is 0 Å². The van der Waals surface area contributed by atoms with Crippen LogP contribution in [0.15, 0.2) is 90.6 Å². The molecule has 3 aromatic rings. The third-order valence-corrected chi connectivity index (χ3v) is 4.73. The van der Waals surface area contributed by atoms with Gasteiger partial charge in [0.15, 0.2) is 0 Å². The van der Waals surface area contributed by atoms with Crippen molar-refractivity contribution in [2.45, 2.75) is 26.6 Å². The number of hydrogen-bond acceptors (Lipinski definition) is 5. The molecule has 2 amide bonds. The van der Waals surface area contributed by atoms with Crippen LogP contribution in [0.25, 0.3) is 6.08 Å². The van der Waals surface area contributed by atoms with E-state index in [2.05, 4.69) is 10.6 Å². The van der Waals surface area contributed by atoms with Crippen molar-refractivity contribution in [3.05, 3.63) is 107 Å². The van der Waals surface area contributed by atoms with Gasteiger partial charge in [0.1, 0.15) is 24.6 Å². The highest BCUT2D eigenvalue weighted by atomic mass is 16.5. The summed E-state index contributed by atoms with van der Waals surface area (Å²) in [6.07, 6.45) is 1.56. The molecule has 0 fully saturated rings. The van der Waals surface area contributed by atoms with Crippen molar-refractivity contribution in [1.82, 2.24) is 10.6 Å². The lowest BCUT2D eigenvalue weighted by Crippen LogP contribution is -2.37. The molecule has 0 saturated heterocycles. The van der Waals surface area contributed by atoms with Gasteiger partial charge in [0.2, 0.25) is 0 Å². The SMILES string of the molecule is CC(C)Oc1ccc(/C=C(\NC(=O)c2ccccc2)C(=O)NCC(=O)OCc2ccccc2)cc1. The molecule has 35 heavy (non-hydrogen) atoms. The van der Waals surface area contributed by atoms with Crippen molar-refractivity contribution >= 4 is 23.9 Å².